The monoisotopic (exact) mass is 167 g/mol. The van der Waals surface area contributed by atoms with Gasteiger partial charge in [0.2, 0.25) is 0 Å². The molecular formula is C10H17NO. The Morgan fingerprint density at radius 3 is 2.00 bits per heavy atom. The second kappa shape index (κ2) is 5.61. The number of phenolic OH excluding ortho intramolecular Hbond substituents is 1. The second-order valence-electron chi connectivity index (χ2n) is 2.72. The maximum Gasteiger partial charge on any atom is 0.118 e. The molecule has 0 unspecified atom stereocenters. The quantitative estimate of drug-likeness (QED) is 0.618. The minimum absolute atomic E-state index is 0.384. The van der Waals surface area contributed by atoms with E-state index in [4.69, 9.17) is 5.11 Å². The Balaban J connectivity index is 0.000000354. The number of rotatable bonds is 0. The molecule has 68 valence electrons. The summed E-state index contributed by atoms with van der Waals surface area (Å²) in [6.07, 6.45) is 0. The molecule has 0 aliphatic rings. The Bertz CT molecular complexity index is 213. The summed E-state index contributed by atoms with van der Waals surface area (Å²) >= 11 is 0. The van der Waals surface area contributed by atoms with Gasteiger partial charge in [-0.2, -0.15) is 0 Å². The van der Waals surface area contributed by atoms with Gasteiger partial charge in [0.1, 0.15) is 5.75 Å². The molecule has 1 rings (SSSR count). The van der Waals surface area contributed by atoms with Gasteiger partial charge in [-0.15, -0.1) is 0 Å². The molecule has 0 saturated carbocycles. The highest BCUT2D eigenvalue weighted by atomic mass is 16.3. The van der Waals surface area contributed by atoms with E-state index in [1.165, 1.54) is 0 Å². The zero-order chi connectivity index (χ0) is 9.56. The summed E-state index contributed by atoms with van der Waals surface area (Å²) in [7, 11) is 3.75. The minimum Gasteiger partial charge on any atom is -0.508 e. The van der Waals surface area contributed by atoms with E-state index >= 15 is 0 Å². The predicted octanol–water partition coefficient (Wildman–Crippen LogP) is 1.84. The highest BCUT2D eigenvalue weighted by molar-refractivity contribution is 5.36. The standard InChI is InChI=1S/C8H10O.C2H7N/c1-6-4-3-5-8(9)7(6)2;1-3-2/h3-5,9H,1-2H3;3H,1-2H3. The lowest BCUT2D eigenvalue weighted by molar-refractivity contribution is 0.470. The highest BCUT2D eigenvalue weighted by Crippen LogP contribution is 2.17. The molecule has 0 saturated heterocycles. The maximum absolute atomic E-state index is 9.10. The molecule has 2 N–H and O–H groups in total. The average molecular weight is 167 g/mol. The van der Waals surface area contributed by atoms with Crippen LogP contribution in [-0.2, 0) is 0 Å². The van der Waals surface area contributed by atoms with Crippen LogP contribution >= 0.6 is 0 Å². The van der Waals surface area contributed by atoms with Crippen molar-refractivity contribution in [3.63, 3.8) is 0 Å². The summed E-state index contributed by atoms with van der Waals surface area (Å²) in [5.41, 5.74) is 2.10. The average Bonchev–Trinajstić information content (AvgIpc) is 2.02. The van der Waals surface area contributed by atoms with Gasteiger partial charge in [-0.1, -0.05) is 12.1 Å². The van der Waals surface area contributed by atoms with Gasteiger partial charge in [0.15, 0.2) is 0 Å². The molecule has 1 aromatic rings. The van der Waals surface area contributed by atoms with E-state index in [0.29, 0.717) is 5.75 Å². The van der Waals surface area contributed by atoms with Gasteiger partial charge in [-0.25, -0.2) is 0 Å². The zero-order valence-corrected chi connectivity index (χ0v) is 8.18. The van der Waals surface area contributed by atoms with Gasteiger partial charge < -0.3 is 10.4 Å². The van der Waals surface area contributed by atoms with E-state index < -0.39 is 0 Å². The largest absolute Gasteiger partial charge is 0.508 e. The van der Waals surface area contributed by atoms with Gasteiger partial charge >= 0.3 is 0 Å². The summed E-state index contributed by atoms with van der Waals surface area (Å²) < 4.78 is 0. The maximum atomic E-state index is 9.10. The topological polar surface area (TPSA) is 32.3 Å². The minimum atomic E-state index is 0.384. The molecule has 1 aromatic carbocycles. The molecule has 0 radical (unpaired) electrons. The predicted molar refractivity (Wildman–Crippen MR) is 52.6 cm³/mol. The Labute approximate surface area is 74.2 Å². The van der Waals surface area contributed by atoms with Crippen molar-refractivity contribution < 1.29 is 5.11 Å². The van der Waals surface area contributed by atoms with Crippen LogP contribution in [0, 0.1) is 13.8 Å². The Kier molecular flexibility index (Phi) is 5.13. The molecule has 0 amide bonds. The summed E-state index contributed by atoms with van der Waals surface area (Å²) in [4.78, 5) is 0. The van der Waals surface area contributed by atoms with E-state index in [2.05, 4.69) is 5.32 Å². The Morgan fingerprint density at radius 2 is 1.67 bits per heavy atom. The first-order valence-corrected chi connectivity index (χ1v) is 3.97. The molecule has 0 spiro atoms. The molecule has 2 heteroatoms. The molecule has 0 heterocycles. The fourth-order valence-corrected chi connectivity index (χ4v) is 0.736. The molecule has 0 bridgehead atoms. The van der Waals surface area contributed by atoms with Crippen molar-refractivity contribution in [2.24, 2.45) is 0 Å². The van der Waals surface area contributed by atoms with Crippen LogP contribution in [0.25, 0.3) is 0 Å². The van der Waals surface area contributed by atoms with Crippen molar-refractivity contribution in [3.05, 3.63) is 29.3 Å². The number of hydrogen-bond acceptors (Lipinski definition) is 2. The molecule has 2 nitrogen and oxygen atoms in total. The van der Waals surface area contributed by atoms with Crippen molar-refractivity contribution in [2.45, 2.75) is 13.8 Å². The molecule has 0 fully saturated rings. The first-order chi connectivity index (χ1) is 5.63. The third-order valence-corrected chi connectivity index (χ3v) is 1.58. The summed E-state index contributed by atoms with van der Waals surface area (Å²) in [6, 6.07) is 5.52. The highest BCUT2D eigenvalue weighted by Gasteiger charge is 1.94. The Hall–Kier alpha value is -1.02. The van der Waals surface area contributed by atoms with E-state index in [-0.39, 0.29) is 0 Å². The summed E-state index contributed by atoms with van der Waals surface area (Å²) in [6.45, 7) is 3.89. The fourth-order valence-electron chi connectivity index (χ4n) is 0.736. The molecular weight excluding hydrogens is 150 g/mol. The smallest absolute Gasteiger partial charge is 0.118 e. The van der Waals surface area contributed by atoms with Crippen molar-refractivity contribution in [2.75, 3.05) is 14.1 Å². The van der Waals surface area contributed by atoms with Gasteiger partial charge in [0.05, 0.1) is 0 Å². The van der Waals surface area contributed by atoms with Crippen LogP contribution in [0.3, 0.4) is 0 Å². The molecule has 0 aliphatic carbocycles. The third kappa shape index (κ3) is 3.39. The molecule has 0 aliphatic heterocycles. The number of aryl methyl sites for hydroxylation is 1. The fraction of sp³-hybridized carbons (Fsp3) is 0.400. The number of nitrogens with one attached hydrogen (secondary N) is 1. The van der Waals surface area contributed by atoms with Crippen LogP contribution in [0.2, 0.25) is 0 Å². The van der Waals surface area contributed by atoms with Crippen LogP contribution in [0.1, 0.15) is 11.1 Å². The first-order valence-electron chi connectivity index (χ1n) is 3.97. The SMILES string of the molecule is CNC.Cc1cccc(O)c1C. The van der Waals surface area contributed by atoms with Gasteiger partial charge in [0, 0.05) is 0 Å². The van der Waals surface area contributed by atoms with Crippen LogP contribution in [0.5, 0.6) is 5.75 Å². The van der Waals surface area contributed by atoms with Crippen LogP contribution in [-0.4, -0.2) is 19.2 Å². The van der Waals surface area contributed by atoms with E-state index in [1.54, 1.807) is 6.07 Å². The van der Waals surface area contributed by atoms with E-state index in [9.17, 15) is 0 Å². The number of phenols is 1. The lowest BCUT2D eigenvalue weighted by Gasteiger charge is -1.99. The van der Waals surface area contributed by atoms with Gasteiger partial charge in [-0.05, 0) is 45.1 Å². The van der Waals surface area contributed by atoms with E-state index in [1.807, 2.05) is 40.1 Å². The third-order valence-electron chi connectivity index (χ3n) is 1.58. The lowest BCUT2D eigenvalue weighted by atomic mass is 10.1. The van der Waals surface area contributed by atoms with Crippen LogP contribution in [0.15, 0.2) is 18.2 Å². The molecule has 0 atom stereocenters. The first kappa shape index (κ1) is 11.0. The van der Waals surface area contributed by atoms with Crippen molar-refractivity contribution in [1.82, 2.24) is 5.32 Å². The van der Waals surface area contributed by atoms with Crippen LogP contribution < -0.4 is 5.32 Å². The van der Waals surface area contributed by atoms with Crippen molar-refractivity contribution in [3.8, 4) is 5.75 Å². The van der Waals surface area contributed by atoms with Gasteiger partial charge in [0.25, 0.3) is 0 Å². The summed E-state index contributed by atoms with van der Waals surface area (Å²) in [5, 5.41) is 11.9. The van der Waals surface area contributed by atoms with Crippen molar-refractivity contribution in [1.29, 1.82) is 0 Å². The zero-order valence-electron chi connectivity index (χ0n) is 8.18. The number of benzene rings is 1. The summed E-state index contributed by atoms with van der Waals surface area (Å²) in [5.74, 6) is 0.384. The normalized spacial score (nSPS) is 8.67. The Morgan fingerprint density at radius 1 is 1.17 bits per heavy atom. The number of hydrogen-bond donors (Lipinski definition) is 2. The molecule has 12 heavy (non-hydrogen) atoms. The van der Waals surface area contributed by atoms with Gasteiger partial charge in [-0.3, -0.25) is 0 Å². The molecule has 0 aromatic heterocycles. The van der Waals surface area contributed by atoms with Crippen LogP contribution in [0.4, 0.5) is 0 Å². The number of aromatic hydroxyl groups is 1. The van der Waals surface area contributed by atoms with Crippen molar-refractivity contribution >= 4 is 0 Å². The second-order valence-corrected chi connectivity index (χ2v) is 2.72. The van der Waals surface area contributed by atoms with E-state index in [0.717, 1.165) is 11.1 Å². The lowest BCUT2D eigenvalue weighted by Crippen LogP contribution is -1.89.